The third kappa shape index (κ3) is 2.14. The van der Waals surface area contributed by atoms with E-state index in [1.165, 1.54) is 0 Å². The van der Waals surface area contributed by atoms with Crippen LogP contribution >= 0.6 is 0 Å². The number of hydrogen-bond donors (Lipinski definition) is 3. The molecular formula is C3H9N2O. The molecule has 0 aliphatic carbocycles. The fourth-order valence-corrected chi connectivity index (χ4v) is 0.0833. The Hall–Kier alpha value is -0.120. The molecule has 0 spiro atoms. The fourth-order valence-electron chi connectivity index (χ4n) is 0.0833. The van der Waals surface area contributed by atoms with E-state index < -0.39 is 6.23 Å². The van der Waals surface area contributed by atoms with E-state index in [-0.39, 0.29) is 0 Å². The van der Waals surface area contributed by atoms with E-state index in [2.05, 4.69) is 12.3 Å². The lowest BCUT2D eigenvalue weighted by molar-refractivity contribution is 0.140. The Balaban J connectivity index is 2.75. The van der Waals surface area contributed by atoms with Crippen LogP contribution in [0.3, 0.4) is 0 Å². The Morgan fingerprint density at radius 1 is 2.00 bits per heavy atom. The topological polar surface area (TPSA) is 58.3 Å². The number of aliphatic hydroxyl groups excluding tert-OH is 1. The van der Waals surface area contributed by atoms with E-state index >= 15 is 0 Å². The van der Waals surface area contributed by atoms with Gasteiger partial charge in [-0.1, -0.05) is 0 Å². The molecular weight excluding hydrogens is 80.0 g/mol. The highest BCUT2D eigenvalue weighted by molar-refractivity contribution is 4.45. The van der Waals surface area contributed by atoms with Crippen LogP contribution in [0.15, 0.2) is 0 Å². The van der Waals surface area contributed by atoms with Crippen LogP contribution in [0.5, 0.6) is 0 Å². The van der Waals surface area contributed by atoms with Crippen molar-refractivity contribution >= 4 is 0 Å². The van der Waals surface area contributed by atoms with Gasteiger partial charge in [-0.3, -0.25) is 5.84 Å². The van der Waals surface area contributed by atoms with Gasteiger partial charge in [0.05, 0.1) is 0 Å². The van der Waals surface area contributed by atoms with E-state index in [9.17, 15) is 0 Å². The molecule has 0 fully saturated rings. The van der Waals surface area contributed by atoms with Gasteiger partial charge in [-0.25, -0.2) is 5.43 Å². The molecule has 1 unspecified atom stereocenters. The largest absolute Gasteiger partial charge is 0.377 e. The van der Waals surface area contributed by atoms with Crippen LogP contribution in [0.2, 0.25) is 0 Å². The summed E-state index contributed by atoms with van der Waals surface area (Å²) in [6, 6.07) is 0. The maximum absolute atomic E-state index is 8.37. The van der Waals surface area contributed by atoms with Crippen molar-refractivity contribution < 1.29 is 5.11 Å². The minimum atomic E-state index is -0.648. The minimum Gasteiger partial charge on any atom is -0.377 e. The van der Waals surface area contributed by atoms with Crippen LogP contribution in [0, 0.1) is 6.92 Å². The van der Waals surface area contributed by atoms with Crippen molar-refractivity contribution in [1.82, 2.24) is 5.43 Å². The van der Waals surface area contributed by atoms with E-state index in [0.717, 1.165) is 0 Å². The molecule has 0 aromatic carbocycles. The first-order valence-electron chi connectivity index (χ1n) is 1.74. The highest BCUT2D eigenvalue weighted by Crippen LogP contribution is 1.75. The van der Waals surface area contributed by atoms with Crippen LogP contribution in [0.1, 0.15) is 6.42 Å². The number of hydrogen-bond acceptors (Lipinski definition) is 3. The maximum Gasteiger partial charge on any atom is 0.116 e. The molecule has 4 N–H and O–H groups in total. The second kappa shape index (κ2) is 3.08. The maximum atomic E-state index is 8.37. The van der Waals surface area contributed by atoms with Gasteiger partial charge in [0.2, 0.25) is 0 Å². The number of aliphatic hydroxyl groups is 1. The number of rotatable bonds is 2. The molecule has 0 aliphatic rings. The summed E-state index contributed by atoms with van der Waals surface area (Å²) >= 11 is 0. The number of nitrogens with one attached hydrogen (secondary N) is 1. The zero-order valence-electron chi connectivity index (χ0n) is 3.52. The van der Waals surface area contributed by atoms with Crippen LogP contribution in [0.4, 0.5) is 0 Å². The number of nitrogens with two attached hydrogens (primary N) is 1. The summed E-state index contributed by atoms with van der Waals surface area (Å²) in [4.78, 5) is 0. The monoisotopic (exact) mass is 89.1 g/mol. The molecule has 0 amide bonds. The third-order valence-electron chi connectivity index (χ3n) is 0.466. The lowest BCUT2D eigenvalue weighted by atomic mass is 10.4. The molecule has 0 heterocycles. The highest BCUT2D eigenvalue weighted by atomic mass is 16.3. The van der Waals surface area contributed by atoms with Crippen molar-refractivity contribution in [3.8, 4) is 0 Å². The molecule has 3 heteroatoms. The second-order valence-electron chi connectivity index (χ2n) is 0.971. The summed E-state index contributed by atoms with van der Waals surface area (Å²) in [5.74, 6) is 4.74. The van der Waals surface area contributed by atoms with Crippen molar-refractivity contribution in [2.45, 2.75) is 12.6 Å². The van der Waals surface area contributed by atoms with Gasteiger partial charge in [0.1, 0.15) is 6.23 Å². The zero-order chi connectivity index (χ0) is 4.99. The van der Waals surface area contributed by atoms with Gasteiger partial charge in [-0.2, -0.15) is 0 Å². The van der Waals surface area contributed by atoms with Crippen molar-refractivity contribution in [1.29, 1.82) is 0 Å². The van der Waals surface area contributed by atoms with Crippen molar-refractivity contribution in [3.05, 3.63) is 6.92 Å². The standard InChI is InChI=1S/C3H9N2O/c1-2-3(6)5-4/h3,5-6H,1-2,4H2. The molecule has 0 saturated heterocycles. The smallest absolute Gasteiger partial charge is 0.116 e. The van der Waals surface area contributed by atoms with Crippen LogP contribution in [-0.4, -0.2) is 11.3 Å². The average Bonchev–Trinajstić information content (AvgIpc) is 1.65. The molecule has 0 rings (SSSR count). The van der Waals surface area contributed by atoms with E-state index in [4.69, 9.17) is 10.9 Å². The van der Waals surface area contributed by atoms with E-state index in [0.29, 0.717) is 6.42 Å². The molecule has 1 atom stereocenters. The summed E-state index contributed by atoms with van der Waals surface area (Å²) < 4.78 is 0. The first-order valence-corrected chi connectivity index (χ1v) is 1.74. The van der Waals surface area contributed by atoms with E-state index in [1.54, 1.807) is 0 Å². The Kier molecular flexibility index (Phi) is 3.02. The predicted octanol–water partition coefficient (Wildman–Crippen LogP) is -1.01. The SMILES string of the molecule is [CH2]CC(O)NN. The van der Waals surface area contributed by atoms with Crippen molar-refractivity contribution in [2.75, 3.05) is 0 Å². The Morgan fingerprint density at radius 2 is 2.50 bits per heavy atom. The molecule has 0 aromatic heterocycles. The van der Waals surface area contributed by atoms with Gasteiger partial charge >= 0.3 is 0 Å². The Bertz CT molecular complexity index is 28.0. The van der Waals surface area contributed by atoms with Gasteiger partial charge in [0.25, 0.3) is 0 Å². The Labute approximate surface area is 37.1 Å². The molecule has 0 bridgehead atoms. The van der Waals surface area contributed by atoms with Crippen molar-refractivity contribution in [2.24, 2.45) is 5.84 Å². The molecule has 0 aliphatic heterocycles. The quantitative estimate of drug-likeness (QED) is 0.231. The van der Waals surface area contributed by atoms with Gasteiger partial charge in [-0.05, 0) is 13.3 Å². The van der Waals surface area contributed by atoms with Gasteiger partial charge in [0.15, 0.2) is 0 Å². The third-order valence-corrected chi connectivity index (χ3v) is 0.466. The Morgan fingerprint density at radius 3 is 2.50 bits per heavy atom. The highest BCUT2D eigenvalue weighted by Gasteiger charge is 1.89. The summed E-state index contributed by atoms with van der Waals surface area (Å²) in [5.41, 5.74) is 2.11. The molecule has 3 nitrogen and oxygen atoms in total. The van der Waals surface area contributed by atoms with Crippen LogP contribution in [0.25, 0.3) is 0 Å². The number of hydrazine groups is 1. The fraction of sp³-hybridized carbons (Fsp3) is 0.667. The predicted molar refractivity (Wildman–Crippen MR) is 23.3 cm³/mol. The normalized spacial score (nSPS) is 14.5. The lowest BCUT2D eigenvalue weighted by Gasteiger charge is -2.01. The average molecular weight is 89.1 g/mol. The minimum absolute atomic E-state index is 0.399. The van der Waals surface area contributed by atoms with Crippen LogP contribution in [-0.2, 0) is 0 Å². The zero-order valence-corrected chi connectivity index (χ0v) is 3.52. The van der Waals surface area contributed by atoms with Gasteiger partial charge in [-0.15, -0.1) is 0 Å². The molecule has 6 heavy (non-hydrogen) atoms. The molecule has 0 aromatic rings. The summed E-state index contributed by atoms with van der Waals surface area (Å²) in [6.07, 6.45) is -0.249. The second-order valence-corrected chi connectivity index (χ2v) is 0.971. The van der Waals surface area contributed by atoms with Gasteiger partial charge in [0, 0.05) is 0 Å². The molecule has 1 radical (unpaired) electrons. The van der Waals surface area contributed by atoms with Crippen LogP contribution < -0.4 is 11.3 Å². The van der Waals surface area contributed by atoms with E-state index in [1.807, 2.05) is 0 Å². The summed E-state index contributed by atoms with van der Waals surface area (Å²) in [5, 5.41) is 8.37. The first kappa shape index (κ1) is 5.88. The molecule has 37 valence electrons. The van der Waals surface area contributed by atoms with Gasteiger partial charge < -0.3 is 5.11 Å². The summed E-state index contributed by atoms with van der Waals surface area (Å²) in [6.45, 7) is 3.36. The summed E-state index contributed by atoms with van der Waals surface area (Å²) in [7, 11) is 0. The molecule has 0 saturated carbocycles. The lowest BCUT2D eigenvalue weighted by Crippen LogP contribution is -2.33. The van der Waals surface area contributed by atoms with Crippen molar-refractivity contribution in [3.63, 3.8) is 0 Å². The first-order chi connectivity index (χ1) is 2.81.